The number of hydrogen-bond donors (Lipinski definition) is 14. The number of guanidine groups is 1. The third-order valence-corrected chi connectivity index (χ3v) is 12.5. The monoisotopic (exact) mass is 1030 g/mol. The molecule has 11 amide bonds. The number of nitrogens with zero attached hydrogens (tertiary/aromatic N) is 1. The average Bonchev–Trinajstić information content (AvgIpc) is 3.31. The first kappa shape index (κ1) is 57.7. The van der Waals surface area contributed by atoms with Crippen molar-refractivity contribution in [1.29, 1.82) is 0 Å². The Morgan fingerprint density at radius 1 is 0.676 bits per heavy atom. The van der Waals surface area contributed by atoms with Gasteiger partial charge in [-0.05, 0) is 42.5 Å². The van der Waals surface area contributed by atoms with Crippen molar-refractivity contribution in [2.24, 2.45) is 33.7 Å². The van der Waals surface area contributed by atoms with Crippen LogP contribution in [0, 0.1) is 0 Å². The Bertz CT molecular complexity index is 2250. The van der Waals surface area contributed by atoms with E-state index in [-0.39, 0.29) is 61.9 Å². The molecule has 71 heavy (non-hydrogen) atoms. The molecule has 1 saturated heterocycles. The van der Waals surface area contributed by atoms with E-state index in [9.17, 15) is 57.8 Å². The number of amides is 11. The van der Waals surface area contributed by atoms with Crippen LogP contribution in [0.3, 0.4) is 0 Å². The molecule has 28 heteroatoms. The maximum Gasteiger partial charge on any atom is 0.243 e. The molecule has 0 spiro atoms. The molecular formula is C43H60N14O12S2. The van der Waals surface area contributed by atoms with E-state index >= 15 is 0 Å². The number of nitrogens with two attached hydrogens (primary N) is 5. The molecule has 0 aliphatic carbocycles. The number of aromatic hydroxyl groups is 1. The molecular weight excluding hydrogens is 969 g/mol. The molecule has 6 atom stereocenters. The molecule has 0 saturated carbocycles. The molecule has 2 aromatic rings. The zero-order valence-corrected chi connectivity index (χ0v) is 40.1. The Hall–Kier alpha value is -7.62. The van der Waals surface area contributed by atoms with E-state index in [1.807, 2.05) is 0 Å². The van der Waals surface area contributed by atoms with Gasteiger partial charge in [0.2, 0.25) is 65.0 Å². The lowest BCUT2D eigenvalue weighted by atomic mass is 10.0. The molecule has 3 rings (SSSR count). The van der Waals surface area contributed by atoms with Crippen LogP contribution in [0.4, 0.5) is 0 Å². The molecule has 0 aromatic heterocycles. The van der Waals surface area contributed by atoms with E-state index in [1.165, 1.54) is 12.1 Å². The van der Waals surface area contributed by atoms with Crippen molar-refractivity contribution in [3.63, 3.8) is 0 Å². The standard InChI is InChI=1S/C43H60N14O12S2/c44-32(59)13-12-27-39(66)56-30(19-33(45)60)42(69)57-31(38(65)51-21-36(63)52-26(7-4-15-49-43(47)48)37(64)50-20-34(46)61)22-71-70-16-14-35(62)53-28(18-24-8-10-25(58)11-9-24)40(67)55-29(41(68)54-27)17-23-5-2-1-3-6-23/h1-3,5-6,8-11,26-31,58H,4,7,12-22H2,(H2,44,59)(H2,45,60)(H2,46,61)(H,50,64)(H,51,65)(H,52,63)(H,53,62)(H,54,68)(H,55,67)(H,56,66)(H,57,69)(H4,47,48,49)/t26-,27?,28?,29+,30?,31+/m1/s1. The highest BCUT2D eigenvalue weighted by atomic mass is 33.1. The van der Waals surface area contributed by atoms with Gasteiger partial charge in [-0.1, -0.05) is 64.1 Å². The zero-order chi connectivity index (χ0) is 52.5. The quantitative estimate of drug-likeness (QED) is 0.0255. The van der Waals surface area contributed by atoms with Gasteiger partial charge in [-0.2, -0.15) is 0 Å². The van der Waals surface area contributed by atoms with Crippen LogP contribution >= 0.6 is 21.6 Å². The van der Waals surface area contributed by atoms with Gasteiger partial charge < -0.3 is 76.3 Å². The van der Waals surface area contributed by atoms with Crippen LogP contribution in [0.15, 0.2) is 59.6 Å². The predicted octanol–water partition coefficient (Wildman–Crippen LogP) is -5.22. The molecule has 386 valence electrons. The molecule has 0 radical (unpaired) electrons. The van der Waals surface area contributed by atoms with E-state index in [0.29, 0.717) is 11.1 Å². The minimum atomic E-state index is -1.78. The number of rotatable bonds is 20. The second kappa shape index (κ2) is 30.1. The van der Waals surface area contributed by atoms with E-state index in [4.69, 9.17) is 28.7 Å². The fourth-order valence-electron chi connectivity index (χ4n) is 6.56. The van der Waals surface area contributed by atoms with Crippen molar-refractivity contribution in [1.82, 2.24) is 42.5 Å². The number of phenolic OH excluding ortho intramolecular Hbond substituents is 1. The van der Waals surface area contributed by atoms with Gasteiger partial charge in [0.05, 0.1) is 19.5 Å². The minimum absolute atomic E-state index is 0.00773. The number of phenols is 1. The highest BCUT2D eigenvalue weighted by Gasteiger charge is 2.34. The van der Waals surface area contributed by atoms with Crippen LogP contribution in [0.1, 0.15) is 49.7 Å². The first-order valence-corrected chi connectivity index (χ1v) is 24.5. The molecule has 1 fully saturated rings. The molecule has 1 heterocycles. The number of aliphatic imine (C=N–C) groups is 1. The van der Waals surface area contributed by atoms with Crippen molar-refractivity contribution in [2.75, 3.05) is 31.1 Å². The number of benzene rings is 2. The van der Waals surface area contributed by atoms with Crippen molar-refractivity contribution in [2.45, 2.75) is 87.6 Å². The first-order valence-electron chi connectivity index (χ1n) is 22.0. The molecule has 1 aliphatic rings. The lowest BCUT2D eigenvalue weighted by molar-refractivity contribution is -0.136. The largest absolute Gasteiger partial charge is 0.508 e. The van der Waals surface area contributed by atoms with Crippen molar-refractivity contribution < 1.29 is 57.8 Å². The van der Waals surface area contributed by atoms with Gasteiger partial charge in [-0.15, -0.1) is 0 Å². The Morgan fingerprint density at radius 3 is 1.89 bits per heavy atom. The summed E-state index contributed by atoms with van der Waals surface area (Å²) in [6.45, 7) is -1.20. The SMILES string of the molecule is NC(=O)CCC1NC(=O)[C@H](Cc2ccccc2)NC(=O)C(Cc2ccc(O)cc2)NC(=O)CCSSC[C@@H](C(=O)NCC(=O)N[C@H](CCCN=C(N)N)C(=O)NCC(N)=O)NC(=O)C(CC(N)=O)NC1=O. The van der Waals surface area contributed by atoms with Crippen molar-refractivity contribution in [3.05, 3.63) is 65.7 Å². The zero-order valence-electron chi connectivity index (χ0n) is 38.4. The van der Waals surface area contributed by atoms with Crippen LogP contribution in [-0.2, 0) is 65.6 Å². The number of carbonyl (C=O) groups is 11. The number of carbonyl (C=O) groups excluding carboxylic acids is 11. The maximum absolute atomic E-state index is 14.2. The highest BCUT2D eigenvalue weighted by molar-refractivity contribution is 8.76. The van der Waals surface area contributed by atoms with Crippen molar-refractivity contribution in [3.8, 4) is 5.75 Å². The Labute approximate surface area is 415 Å². The third kappa shape index (κ3) is 22.6. The molecule has 19 N–H and O–H groups in total. The van der Waals surface area contributed by atoms with Gasteiger partial charge in [-0.25, -0.2) is 0 Å². The lowest BCUT2D eigenvalue weighted by Gasteiger charge is -2.27. The van der Waals surface area contributed by atoms with Crippen LogP contribution in [-0.4, -0.2) is 143 Å². The minimum Gasteiger partial charge on any atom is -0.508 e. The van der Waals surface area contributed by atoms with E-state index < -0.39 is 134 Å². The summed E-state index contributed by atoms with van der Waals surface area (Å²) < 4.78 is 0. The summed E-state index contributed by atoms with van der Waals surface area (Å²) in [5.74, 6) is -10.3. The maximum atomic E-state index is 14.2. The Morgan fingerprint density at radius 2 is 1.27 bits per heavy atom. The normalized spacial score (nSPS) is 19.9. The average molecular weight is 1030 g/mol. The second-order valence-electron chi connectivity index (χ2n) is 15.9. The molecule has 1 aliphatic heterocycles. The second-order valence-corrected chi connectivity index (χ2v) is 18.6. The van der Waals surface area contributed by atoms with E-state index in [0.717, 1.165) is 21.6 Å². The highest BCUT2D eigenvalue weighted by Crippen LogP contribution is 2.23. The number of hydrogen-bond acceptors (Lipinski definition) is 15. The van der Waals surface area contributed by atoms with Crippen LogP contribution in [0.25, 0.3) is 0 Å². The topological polar surface area (TPSA) is 447 Å². The van der Waals surface area contributed by atoms with Gasteiger partial charge in [0.25, 0.3) is 0 Å². The summed E-state index contributed by atoms with van der Waals surface area (Å²) in [6, 6.07) is 5.54. The van der Waals surface area contributed by atoms with Crippen LogP contribution in [0.2, 0.25) is 0 Å². The third-order valence-electron chi connectivity index (χ3n) is 10.1. The number of primary amides is 3. The molecule has 26 nitrogen and oxygen atoms in total. The smallest absolute Gasteiger partial charge is 0.243 e. The van der Waals surface area contributed by atoms with Crippen LogP contribution in [0.5, 0.6) is 5.75 Å². The summed E-state index contributed by atoms with van der Waals surface area (Å²) in [7, 11) is 2.11. The molecule has 2 aromatic carbocycles. The fourth-order valence-corrected chi connectivity index (χ4v) is 8.71. The van der Waals surface area contributed by atoms with E-state index in [2.05, 4.69) is 47.5 Å². The predicted molar refractivity (Wildman–Crippen MR) is 260 cm³/mol. The summed E-state index contributed by atoms with van der Waals surface area (Å²) in [5, 5.41) is 29.6. The first-order chi connectivity index (χ1) is 33.7. The Balaban J connectivity index is 1.96. The Kier molecular flexibility index (Phi) is 24.5. The van der Waals surface area contributed by atoms with Gasteiger partial charge >= 0.3 is 0 Å². The summed E-state index contributed by atoms with van der Waals surface area (Å²) in [6.07, 6.45) is -1.87. The summed E-state index contributed by atoms with van der Waals surface area (Å²) in [5.41, 5.74) is 27.8. The molecule has 0 bridgehead atoms. The van der Waals surface area contributed by atoms with E-state index in [1.54, 1.807) is 42.5 Å². The summed E-state index contributed by atoms with van der Waals surface area (Å²) in [4.78, 5) is 148. The van der Waals surface area contributed by atoms with Gasteiger partial charge in [0.15, 0.2) is 5.96 Å². The van der Waals surface area contributed by atoms with Gasteiger partial charge in [0, 0.05) is 43.7 Å². The lowest BCUT2D eigenvalue weighted by Crippen LogP contribution is -2.60. The number of nitrogens with one attached hydrogen (secondary N) is 8. The fraction of sp³-hybridized carbons (Fsp3) is 0.442. The van der Waals surface area contributed by atoms with Crippen LogP contribution < -0.4 is 71.2 Å². The van der Waals surface area contributed by atoms with Gasteiger partial charge in [0.1, 0.15) is 42.0 Å². The van der Waals surface area contributed by atoms with Crippen molar-refractivity contribution >= 4 is 92.5 Å². The molecule has 3 unspecified atom stereocenters. The van der Waals surface area contributed by atoms with Gasteiger partial charge in [-0.3, -0.25) is 57.7 Å². The summed E-state index contributed by atoms with van der Waals surface area (Å²) >= 11 is 0.